The van der Waals surface area contributed by atoms with Crippen LogP contribution < -0.4 is 9.46 Å². The van der Waals surface area contributed by atoms with E-state index in [-0.39, 0.29) is 11.6 Å². The number of fused-ring (bicyclic) bond motifs is 1. The molecule has 7 nitrogen and oxygen atoms in total. The molecule has 1 N–H and O–H groups in total. The zero-order chi connectivity index (χ0) is 21.9. The topological polar surface area (TPSA) is 94.6 Å². The molecule has 9 heteroatoms. The van der Waals surface area contributed by atoms with E-state index in [1.807, 2.05) is 6.07 Å². The summed E-state index contributed by atoms with van der Waals surface area (Å²) < 4.78 is 40.0. The lowest BCUT2D eigenvalue weighted by Crippen LogP contribution is -2.32. The van der Waals surface area contributed by atoms with Gasteiger partial charge >= 0.3 is 5.97 Å². The van der Waals surface area contributed by atoms with Crippen LogP contribution in [0.5, 0.6) is 5.75 Å². The van der Waals surface area contributed by atoms with Crippen LogP contribution in [-0.4, -0.2) is 31.6 Å². The minimum absolute atomic E-state index is 0.0323. The summed E-state index contributed by atoms with van der Waals surface area (Å²) in [5.41, 5.74) is 1.17. The number of ether oxygens (including phenoxy) is 2. The first-order valence-electron chi connectivity index (χ1n) is 9.65. The van der Waals surface area contributed by atoms with Crippen molar-refractivity contribution in [1.82, 2.24) is 9.71 Å². The molecule has 162 valence electrons. The van der Waals surface area contributed by atoms with E-state index in [1.54, 1.807) is 39.0 Å². The molecule has 0 aliphatic heterocycles. The van der Waals surface area contributed by atoms with Gasteiger partial charge in [-0.2, -0.15) is 0 Å². The number of benzene rings is 1. The van der Waals surface area contributed by atoms with Gasteiger partial charge in [0.15, 0.2) is 11.6 Å². The van der Waals surface area contributed by atoms with Crippen molar-refractivity contribution < 1.29 is 22.7 Å². The van der Waals surface area contributed by atoms with Crippen LogP contribution >= 0.6 is 15.9 Å². The molecule has 30 heavy (non-hydrogen) atoms. The molecule has 0 saturated heterocycles. The molecule has 0 radical (unpaired) electrons. The first kappa shape index (κ1) is 22.7. The smallest absolute Gasteiger partial charge is 0.344 e. The Kier molecular flexibility index (Phi) is 6.84. The van der Waals surface area contributed by atoms with E-state index in [9.17, 15) is 13.2 Å². The minimum atomic E-state index is -3.78. The second kappa shape index (κ2) is 9.03. The van der Waals surface area contributed by atoms with Crippen molar-refractivity contribution >= 4 is 31.9 Å². The number of rotatable bonds is 6. The lowest BCUT2D eigenvalue weighted by molar-refractivity contribution is -0.157. The Morgan fingerprint density at radius 3 is 2.70 bits per heavy atom. The molecule has 0 spiro atoms. The first-order valence-corrected chi connectivity index (χ1v) is 11.9. The second-order valence-electron chi connectivity index (χ2n) is 8.08. The lowest BCUT2D eigenvalue weighted by Gasteiger charge is -2.27. The minimum Gasteiger partial charge on any atom is -0.482 e. The van der Waals surface area contributed by atoms with Crippen molar-refractivity contribution in [2.24, 2.45) is 0 Å². The van der Waals surface area contributed by atoms with Crippen molar-refractivity contribution in [3.8, 4) is 5.75 Å². The number of halogens is 1. The zero-order valence-corrected chi connectivity index (χ0v) is 19.5. The summed E-state index contributed by atoms with van der Waals surface area (Å²) in [7, 11) is -3.78. The summed E-state index contributed by atoms with van der Waals surface area (Å²) in [5.74, 6) is 0.124. The summed E-state index contributed by atoms with van der Waals surface area (Å²) in [6.07, 6.45) is 3.65. The first-order chi connectivity index (χ1) is 14.0. The van der Waals surface area contributed by atoms with E-state index >= 15 is 0 Å². The molecule has 1 unspecified atom stereocenters. The van der Waals surface area contributed by atoms with E-state index in [0.29, 0.717) is 16.6 Å². The molecule has 0 amide bonds. The van der Waals surface area contributed by atoms with Gasteiger partial charge in [-0.3, -0.25) is 0 Å². The predicted molar refractivity (Wildman–Crippen MR) is 116 cm³/mol. The molecular weight excluding hydrogens is 472 g/mol. The Morgan fingerprint density at radius 1 is 1.27 bits per heavy atom. The number of pyridine rings is 1. The van der Waals surface area contributed by atoms with Crippen LogP contribution in [0, 0.1) is 0 Å². The number of carbonyl (C=O) groups is 1. The van der Waals surface area contributed by atoms with Gasteiger partial charge in [-0.15, -0.1) is 0 Å². The number of esters is 1. The van der Waals surface area contributed by atoms with Crippen LogP contribution in [0.1, 0.15) is 50.8 Å². The van der Waals surface area contributed by atoms with Crippen molar-refractivity contribution in [1.29, 1.82) is 0 Å². The predicted octanol–water partition coefficient (Wildman–Crippen LogP) is 3.92. The molecule has 1 heterocycles. The second-order valence-corrected chi connectivity index (χ2v) is 10.7. The number of nitrogens with zero attached hydrogens (tertiary/aromatic N) is 1. The molecule has 1 aliphatic rings. The van der Waals surface area contributed by atoms with E-state index < -0.39 is 27.6 Å². The van der Waals surface area contributed by atoms with Crippen molar-refractivity contribution in [2.75, 3.05) is 6.61 Å². The highest BCUT2D eigenvalue weighted by molar-refractivity contribution is 9.10. The van der Waals surface area contributed by atoms with Gasteiger partial charge in [0.05, 0.1) is 0 Å². The maximum Gasteiger partial charge on any atom is 0.344 e. The van der Waals surface area contributed by atoms with Crippen LogP contribution in [0.15, 0.2) is 46.0 Å². The zero-order valence-electron chi connectivity index (χ0n) is 17.1. The number of nitrogens with one attached hydrogen (secondary N) is 1. The Hall–Kier alpha value is -1.97. The Labute approximate surface area is 185 Å². The SMILES string of the molecule is CC(C)(C)OC(=O)COc1cccc2c1CCCC2NS(=O)(=O)c1ccc(Br)cn1. The van der Waals surface area contributed by atoms with Crippen molar-refractivity contribution in [3.63, 3.8) is 0 Å². The molecule has 0 fully saturated rings. The van der Waals surface area contributed by atoms with Gasteiger partial charge in [0.2, 0.25) is 0 Å². The molecule has 0 bridgehead atoms. The largest absolute Gasteiger partial charge is 0.482 e. The standard InChI is InChI=1S/C21H25BrN2O5S/c1-21(2,3)29-20(25)13-28-18-9-5-6-15-16(18)7-4-8-17(15)24-30(26,27)19-11-10-14(22)12-23-19/h5-6,9-12,17,24H,4,7-8,13H2,1-3H3. The van der Waals surface area contributed by atoms with E-state index in [0.717, 1.165) is 24.0 Å². The van der Waals surface area contributed by atoms with Gasteiger partial charge < -0.3 is 9.47 Å². The molecular formula is C21H25BrN2O5S. The van der Waals surface area contributed by atoms with Gasteiger partial charge in [-0.05, 0) is 85.3 Å². The molecule has 2 aromatic rings. The van der Waals surface area contributed by atoms with Crippen molar-refractivity contribution in [3.05, 3.63) is 52.1 Å². The maximum atomic E-state index is 12.8. The highest BCUT2D eigenvalue weighted by atomic mass is 79.9. The molecule has 1 atom stereocenters. The quantitative estimate of drug-likeness (QED) is 0.608. The van der Waals surface area contributed by atoms with E-state index in [1.165, 1.54) is 12.3 Å². The summed E-state index contributed by atoms with van der Waals surface area (Å²) in [6, 6.07) is 8.17. The Balaban J connectivity index is 1.77. The van der Waals surface area contributed by atoms with E-state index in [2.05, 4.69) is 25.6 Å². The molecule has 1 aromatic heterocycles. The molecule has 1 aromatic carbocycles. The number of hydrogen-bond acceptors (Lipinski definition) is 6. The number of carbonyl (C=O) groups excluding carboxylic acids is 1. The third-order valence-corrected chi connectivity index (χ3v) is 6.36. The fourth-order valence-corrected chi connectivity index (χ4v) is 4.76. The molecule has 0 saturated carbocycles. The van der Waals surface area contributed by atoms with Crippen LogP contribution in [-0.2, 0) is 26.0 Å². The van der Waals surface area contributed by atoms with Crippen LogP contribution in [0.2, 0.25) is 0 Å². The van der Waals surface area contributed by atoms with E-state index in [4.69, 9.17) is 9.47 Å². The van der Waals surface area contributed by atoms with Gasteiger partial charge in [0, 0.05) is 16.7 Å². The normalized spacial score (nSPS) is 16.6. The summed E-state index contributed by atoms with van der Waals surface area (Å²) >= 11 is 3.26. The van der Waals surface area contributed by atoms with Gasteiger partial charge in [0.25, 0.3) is 10.0 Å². The maximum absolute atomic E-state index is 12.8. The van der Waals surface area contributed by atoms with Crippen LogP contribution in [0.3, 0.4) is 0 Å². The fraction of sp³-hybridized carbons (Fsp3) is 0.429. The summed E-state index contributed by atoms with van der Waals surface area (Å²) in [6.45, 7) is 5.19. The van der Waals surface area contributed by atoms with Crippen LogP contribution in [0.4, 0.5) is 0 Å². The number of hydrogen-bond donors (Lipinski definition) is 1. The average molecular weight is 497 g/mol. The summed E-state index contributed by atoms with van der Waals surface area (Å²) in [5, 5.41) is -0.0323. The molecule has 1 aliphatic carbocycles. The highest BCUT2D eigenvalue weighted by Crippen LogP contribution is 2.36. The lowest BCUT2D eigenvalue weighted by atomic mass is 9.87. The Morgan fingerprint density at radius 2 is 2.03 bits per heavy atom. The number of sulfonamides is 1. The number of aromatic nitrogens is 1. The van der Waals surface area contributed by atoms with Crippen LogP contribution in [0.25, 0.3) is 0 Å². The monoisotopic (exact) mass is 496 g/mol. The van der Waals surface area contributed by atoms with Gasteiger partial charge in [0.1, 0.15) is 11.4 Å². The van der Waals surface area contributed by atoms with Gasteiger partial charge in [-0.25, -0.2) is 22.9 Å². The fourth-order valence-electron chi connectivity index (χ4n) is 3.35. The highest BCUT2D eigenvalue weighted by Gasteiger charge is 2.28. The third-order valence-electron chi connectivity index (χ3n) is 4.50. The third kappa shape index (κ3) is 5.80. The Bertz CT molecular complexity index is 1020. The van der Waals surface area contributed by atoms with Gasteiger partial charge in [-0.1, -0.05) is 12.1 Å². The summed E-state index contributed by atoms with van der Waals surface area (Å²) in [4.78, 5) is 16.0. The molecule has 3 rings (SSSR count). The average Bonchev–Trinajstić information content (AvgIpc) is 2.65. The van der Waals surface area contributed by atoms with Crippen molar-refractivity contribution in [2.45, 2.75) is 56.7 Å².